The lowest BCUT2D eigenvalue weighted by molar-refractivity contribution is 0.117. The van der Waals surface area contributed by atoms with E-state index in [9.17, 15) is 8.42 Å². The maximum Gasteiger partial charge on any atom is 0.223 e. The van der Waals surface area contributed by atoms with Gasteiger partial charge in [0.1, 0.15) is 5.25 Å². The first kappa shape index (κ1) is 14.2. The Morgan fingerprint density at radius 1 is 1.44 bits per heavy atom. The Labute approximate surface area is 114 Å². The van der Waals surface area contributed by atoms with E-state index in [0.29, 0.717) is 12.6 Å². The molecule has 3 unspecified atom stereocenters. The minimum Gasteiger partial charge on any atom is -0.392 e. The maximum absolute atomic E-state index is 12.5. The van der Waals surface area contributed by atoms with Crippen molar-refractivity contribution in [1.29, 1.82) is 0 Å². The van der Waals surface area contributed by atoms with Crippen molar-refractivity contribution in [2.75, 3.05) is 19.6 Å². The van der Waals surface area contributed by atoms with Gasteiger partial charge in [0.05, 0.1) is 4.99 Å². The topological polar surface area (TPSA) is 66.6 Å². The summed E-state index contributed by atoms with van der Waals surface area (Å²) in [6.45, 7) is 6.02. The SMILES string of the molecule is CC1CN2CCCC2CN1S(=O)(=O)C(C)C(N)=S. The highest BCUT2D eigenvalue weighted by Crippen LogP contribution is 2.27. The van der Waals surface area contributed by atoms with E-state index >= 15 is 0 Å². The van der Waals surface area contributed by atoms with Crippen molar-refractivity contribution >= 4 is 27.2 Å². The van der Waals surface area contributed by atoms with Gasteiger partial charge in [0.2, 0.25) is 10.0 Å². The molecule has 2 fully saturated rings. The van der Waals surface area contributed by atoms with E-state index in [1.807, 2.05) is 6.92 Å². The number of hydrogen-bond donors (Lipinski definition) is 1. The highest BCUT2D eigenvalue weighted by atomic mass is 32.2. The van der Waals surface area contributed by atoms with Crippen molar-refractivity contribution in [2.45, 2.75) is 44.0 Å². The van der Waals surface area contributed by atoms with Crippen molar-refractivity contribution in [2.24, 2.45) is 5.73 Å². The Morgan fingerprint density at radius 2 is 2.11 bits per heavy atom. The van der Waals surface area contributed by atoms with Crippen molar-refractivity contribution in [3.63, 3.8) is 0 Å². The molecule has 0 aromatic carbocycles. The standard InChI is InChI=1S/C11H21N3O2S2/c1-8-6-13-5-3-4-10(13)7-14(8)18(15,16)9(2)11(12)17/h8-10H,3-7H2,1-2H3,(H2,12,17). The van der Waals surface area contributed by atoms with Crippen molar-refractivity contribution in [1.82, 2.24) is 9.21 Å². The van der Waals surface area contributed by atoms with Gasteiger partial charge in [-0.3, -0.25) is 4.90 Å². The molecule has 0 bridgehead atoms. The Morgan fingerprint density at radius 3 is 2.72 bits per heavy atom. The highest BCUT2D eigenvalue weighted by molar-refractivity contribution is 7.92. The monoisotopic (exact) mass is 291 g/mol. The van der Waals surface area contributed by atoms with Crippen LogP contribution in [0.4, 0.5) is 0 Å². The summed E-state index contributed by atoms with van der Waals surface area (Å²) in [5, 5.41) is -0.775. The largest absolute Gasteiger partial charge is 0.392 e. The van der Waals surface area contributed by atoms with Crippen molar-refractivity contribution in [3.05, 3.63) is 0 Å². The molecule has 2 saturated heterocycles. The Hall–Kier alpha value is -0.240. The molecule has 0 aromatic heterocycles. The number of fused-ring (bicyclic) bond motifs is 1. The van der Waals surface area contributed by atoms with Crippen LogP contribution in [0, 0.1) is 0 Å². The number of sulfonamides is 1. The third-order valence-electron chi connectivity index (χ3n) is 4.05. The van der Waals surface area contributed by atoms with Gasteiger partial charge in [-0.25, -0.2) is 8.42 Å². The van der Waals surface area contributed by atoms with Crippen LogP contribution in [-0.2, 0) is 10.0 Å². The molecule has 0 spiro atoms. The van der Waals surface area contributed by atoms with Crippen LogP contribution in [-0.4, -0.2) is 59.6 Å². The molecule has 104 valence electrons. The first-order chi connectivity index (χ1) is 8.34. The highest BCUT2D eigenvalue weighted by Gasteiger charge is 2.42. The molecule has 2 rings (SSSR count). The molecule has 0 radical (unpaired) electrons. The third kappa shape index (κ3) is 2.41. The quantitative estimate of drug-likeness (QED) is 0.750. The molecule has 3 atom stereocenters. The number of hydrogen-bond acceptors (Lipinski definition) is 4. The number of nitrogens with two attached hydrogens (primary N) is 1. The summed E-state index contributed by atoms with van der Waals surface area (Å²) in [5.74, 6) is 0. The second kappa shape index (κ2) is 5.03. The summed E-state index contributed by atoms with van der Waals surface area (Å²) in [4.78, 5) is 2.44. The summed E-state index contributed by atoms with van der Waals surface area (Å²) in [6, 6.07) is 0.371. The predicted molar refractivity (Wildman–Crippen MR) is 75.9 cm³/mol. The molecule has 18 heavy (non-hydrogen) atoms. The Kier molecular flexibility index (Phi) is 3.96. The van der Waals surface area contributed by atoms with E-state index in [1.54, 1.807) is 11.2 Å². The molecule has 2 N–H and O–H groups in total. The fraction of sp³-hybridized carbons (Fsp3) is 0.909. The molecule has 0 aromatic rings. The normalized spacial score (nSPS) is 32.1. The van der Waals surface area contributed by atoms with E-state index in [2.05, 4.69) is 4.90 Å². The van der Waals surface area contributed by atoms with Crippen LogP contribution >= 0.6 is 12.2 Å². The first-order valence-corrected chi connectivity index (χ1v) is 8.29. The van der Waals surface area contributed by atoms with Gasteiger partial charge in [0.25, 0.3) is 0 Å². The van der Waals surface area contributed by atoms with E-state index in [0.717, 1.165) is 25.9 Å². The van der Waals surface area contributed by atoms with Gasteiger partial charge < -0.3 is 5.73 Å². The molecule has 5 nitrogen and oxygen atoms in total. The minimum absolute atomic E-state index is 0.00106. The fourth-order valence-electron chi connectivity index (χ4n) is 2.86. The van der Waals surface area contributed by atoms with Gasteiger partial charge in [0.15, 0.2) is 0 Å². The van der Waals surface area contributed by atoms with Gasteiger partial charge in [-0.1, -0.05) is 12.2 Å². The zero-order valence-corrected chi connectivity index (χ0v) is 12.5. The zero-order chi connectivity index (χ0) is 13.5. The third-order valence-corrected chi connectivity index (χ3v) is 6.87. The van der Waals surface area contributed by atoms with Crippen molar-refractivity contribution in [3.8, 4) is 0 Å². The van der Waals surface area contributed by atoms with E-state index < -0.39 is 15.3 Å². The van der Waals surface area contributed by atoms with Crippen LogP contribution in [0.2, 0.25) is 0 Å². The second-order valence-electron chi connectivity index (χ2n) is 5.30. The van der Waals surface area contributed by atoms with E-state index in [-0.39, 0.29) is 11.0 Å². The minimum atomic E-state index is -3.41. The van der Waals surface area contributed by atoms with E-state index in [1.165, 1.54) is 0 Å². The van der Waals surface area contributed by atoms with Crippen LogP contribution in [0.5, 0.6) is 0 Å². The lowest BCUT2D eigenvalue weighted by Crippen LogP contribution is -2.59. The number of rotatable bonds is 3. The molecule has 0 aliphatic carbocycles. The Balaban J connectivity index is 2.19. The summed E-state index contributed by atoms with van der Waals surface area (Å²) >= 11 is 4.83. The van der Waals surface area contributed by atoms with Crippen LogP contribution in [0.3, 0.4) is 0 Å². The molecule has 7 heteroatoms. The molecule has 2 aliphatic rings. The fourth-order valence-corrected chi connectivity index (χ4v) is 4.88. The smallest absolute Gasteiger partial charge is 0.223 e. The van der Waals surface area contributed by atoms with Crippen LogP contribution < -0.4 is 5.73 Å². The summed E-state index contributed by atoms with van der Waals surface area (Å²) in [7, 11) is -3.41. The number of piperazine rings is 1. The molecule has 2 aliphatic heterocycles. The summed E-state index contributed by atoms with van der Waals surface area (Å²) in [5.41, 5.74) is 5.50. The molecule has 0 amide bonds. The number of nitrogens with zero attached hydrogens (tertiary/aromatic N) is 2. The lowest BCUT2D eigenvalue weighted by atomic mass is 10.1. The average Bonchev–Trinajstić information content (AvgIpc) is 2.73. The average molecular weight is 291 g/mol. The summed E-state index contributed by atoms with van der Waals surface area (Å²) < 4.78 is 26.5. The van der Waals surface area contributed by atoms with Gasteiger partial charge >= 0.3 is 0 Å². The maximum atomic E-state index is 12.5. The molecular weight excluding hydrogens is 270 g/mol. The zero-order valence-electron chi connectivity index (χ0n) is 10.9. The van der Waals surface area contributed by atoms with E-state index in [4.69, 9.17) is 18.0 Å². The predicted octanol–water partition coefficient (Wildman–Crippen LogP) is 0.159. The van der Waals surface area contributed by atoms with Crippen LogP contribution in [0.25, 0.3) is 0 Å². The summed E-state index contributed by atoms with van der Waals surface area (Å²) in [6.07, 6.45) is 2.25. The van der Waals surface area contributed by atoms with Gasteiger partial charge in [-0.2, -0.15) is 4.31 Å². The lowest BCUT2D eigenvalue weighted by Gasteiger charge is -2.42. The van der Waals surface area contributed by atoms with Crippen LogP contribution in [0.15, 0.2) is 0 Å². The van der Waals surface area contributed by atoms with Gasteiger partial charge in [0, 0.05) is 25.2 Å². The molecular formula is C11H21N3O2S2. The van der Waals surface area contributed by atoms with Gasteiger partial charge in [-0.15, -0.1) is 0 Å². The Bertz CT molecular complexity index is 438. The molecule has 2 heterocycles. The molecule has 0 saturated carbocycles. The van der Waals surface area contributed by atoms with Crippen LogP contribution in [0.1, 0.15) is 26.7 Å². The second-order valence-corrected chi connectivity index (χ2v) is 7.98. The number of thiocarbonyl (C=S) groups is 1. The first-order valence-electron chi connectivity index (χ1n) is 6.38. The van der Waals surface area contributed by atoms with Crippen molar-refractivity contribution < 1.29 is 8.42 Å². The van der Waals surface area contributed by atoms with Gasteiger partial charge in [-0.05, 0) is 33.2 Å².